The molecule has 0 radical (unpaired) electrons. The molecular weight excluding hydrogens is 331 g/mol. The number of carbonyl (C=O) groups excluding carboxylic acids is 1. The van der Waals surface area contributed by atoms with Gasteiger partial charge in [-0.15, -0.1) is 0 Å². The summed E-state index contributed by atoms with van der Waals surface area (Å²) >= 11 is 0. The zero-order valence-corrected chi connectivity index (χ0v) is 13.8. The number of alkyl halides is 3. The summed E-state index contributed by atoms with van der Waals surface area (Å²) in [5.41, 5.74) is 0.0145. The largest absolute Gasteiger partial charge is 0.480 e. The van der Waals surface area contributed by atoms with Gasteiger partial charge in [-0.3, -0.25) is 9.00 Å². The van der Waals surface area contributed by atoms with Crippen LogP contribution < -0.4 is 4.74 Å². The van der Waals surface area contributed by atoms with Crippen LogP contribution in [-0.4, -0.2) is 46.6 Å². The molecule has 2 rings (SSSR count). The second-order valence-electron chi connectivity index (χ2n) is 5.73. The average molecular weight is 349 g/mol. The number of halogens is 3. The number of rotatable bonds is 4. The Labute approximate surface area is 135 Å². The van der Waals surface area contributed by atoms with Crippen LogP contribution >= 0.6 is 0 Å². The molecule has 1 fully saturated rings. The third-order valence-corrected chi connectivity index (χ3v) is 4.55. The highest BCUT2D eigenvalue weighted by atomic mass is 32.2. The first-order chi connectivity index (χ1) is 10.6. The molecular formula is C15H18F3NO3S. The Bertz CT molecular complexity index is 627. The van der Waals surface area contributed by atoms with E-state index in [1.165, 1.54) is 29.4 Å². The number of amides is 1. The highest BCUT2D eigenvalue weighted by Gasteiger charge is 2.39. The number of nitrogens with zero attached hydrogens (tertiary/aromatic N) is 1. The number of hydrogen-bond acceptors (Lipinski definition) is 3. The second-order valence-corrected chi connectivity index (χ2v) is 7.11. The predicted molar refractivity (Wildman–Crippen MR) is 80.0 cm³/mol. The molecule has 0 aromatic heterocycles. The van der Waals surface area contributed by atoms with Crippen molar-refractivity contribution in [2.75, 3.05) is 19.3 Å². The van der Waals surface area contributed by atoms with Gasteiger partial charge in [-0.25, -0.2) is 0 Å². The molecule has 1 saturated heterocycles. The molecule has 0 bridgehead atoms. The van der Waals surface area contributed by atoms with Gasteiger partial charge in [-0.05, 0) is 31.0 Å². The maximum absolute atomic E-state index is 12.7. The number of carbonyl (C=O) groups is 1. The monoisotopic (exact) mass is 349 g/mol. The van der Waals surface area contributed by atoms with Crippen molar-refractivity contribution in [3.05, 3.63) is 23.8 Å². The number of ether oxygens (including phenoxy) is 1. The van der Waals surface area contributed by atoms with Gasteiger partial charge in [0.1, 0.15) is 5.75 Å². The van der Waals surface area contributed by atoms with Gasteiger partial charge in [-0.2, -0.15) is 13.2 Å². The minimum Gasteiger partial charge on any atom is -0.480 e. The van der Waals surface area contributed by atoms with E-state index in [0.717, 1.165) is 6.92 Å². The molecule has 1 aromatic rings. The van der Waals surface area contributed by atoms with Crippen LogP contribution in [0, 0.1) is 5.92 Å². The molecule has 0 spiro atoms. The molecule has 2 atom stereocenters. The molecule has 0 saturated carbocycles. The molecule has 128 valence electrons. The zero-order valence-electron chi connectivity index (χ0n) is 13.0. The molecule has 1 aliphatic heterocycles. The summed E-state index contributed by atoms with van der Waals surface area (Å²) in [6.45, 7) is 3.95. The van der Waals surface area contributed by atoms with Crippen molar-refractivity contribution in [1.82, 2.24) is 4.90 Å². The fourth-order valence-corrected chi connectivity index (χ4v) is 2.79. The normalized spacial score (nSPS) is 18.3. The Balaban J connectivity index is 2.33. The van der Waals surface area contributed by atoms with Gasteiger partial charge in [0, 0.05) is 35.0 Å². The van der Waals surface area contributed by atoms with E-state index in [2.05, 4.69) is 0 Å². The SMILES string of the molecule is CC1CN(C(=O)c2cc(S(C)=O)ccc2O[C@H](C)C(F)(F)F)C1. The predicted octanol–water partition coefficient (Wildman–Crippen LogP) is 2.85. The molecule has 1 heterocycles. The Hall–Kier alpha value is -1.57. The van der Waals surface area contributed by atoms with E-state index in [4.69, 9.17) is 4.74 Å². The first kappa shape index (κ1) is 17.8. The third kappa shape index (κ3) is 4.04. The lowest BCUT2D eigenvalue weighted by atomic mass is 10.0. The molecule has 1 aromatic carbocycles. The molecule has 1 aliphatic rings. The smallest absolute Gasteiger partial charge is 0.425 e. The van der Waals surface area contributed by atoms with E-state index >= 15 is 0 Å². The van der Waals surface area contributed by atoms with E-state index in [1.54, 1.807) is 0 Å². The summed E-state index contributed by atoms with van der Waals surface area (Å²) < 4.78 is 54.6. The average Bonchev–Trinajstić information content (AvgIpc) is 2.42. The van der Waals surface area contributed by atoms with Crippen molar-refractivity contribution in [3.63, 3.8) is 0 Å². The molecule has 8 heteroatoms. The standard InChI is InChI=1S/C15H18F3NO3S/c1-9-7-19(8-9)14(20)12-6-11(23(3)21)4-5-13(12)22-10(2)15(16,17)18/h4-6,9-10H,7-8H2,1-3H3/t10-,23?/m1/s1. The van der Waals surface area contributed by atoms with Crippen LogP contribution in [0.2, 0.25) is 0 Å². The van der Waals surface area contributed by atoms with Gasteiger partial charge in [-0.1, -0.05) is 6.92 Å². The van der Waals surface area contributed by atoms with Gasteiger partial charge in [0.25, 0.3) is 5.91 Å². The summed E-state index contributed by atoms with van der Waals surface area (Å²) in [4.78, 5) is 14.4. The van der Waals surface area contributed by atoms with Crippen LogP contribution in [-0.2, 0) is 10.8 Å². The molecule has 1 unspecified atom stereocenters. The lowest BCUT2D eigenvalue weighted by Gasteiger charge is -2.37. The van der Waals surface area contributed by atoms with Crippen molar-refractivity contribution in [1.29, 1.82) is 0 Å². The molecule has 23 heavy (non-hydrogen) atoms. The van der Waals surface area contributed by atoms with Crippen LogP contribution in [0.15, 0.2) is 23.1 Å². The minimum atomic E-state index is -4.53. The van der Waals surface area contributed by atoms with Crippen molar-refractivity contribution < 1.29 is 26.9 Å². The topological polar surface area (TPSA) is 46.6 Å². The Morgan fingerprint density at radius 2 is 2.00 bits per heavy atom. The highest BCUT2D eigenvalue weighted by molar-refractivity contribution is 7.84. The summed E-state index contributed by atoms with van der Waals surface area (Å²) in [6.07, 6.45) is -5.13. The molecule has 4 nitrogen and oxygen atoms in total. The van der Waals surface area contributed by atoms with E-state index in [9.17, 15) is 22.2 Å². The Kier molecular flexibility index (Phi) is 5.03. The number of hydrogen-bond donors (Lipinski definition) is 0. The zero-order chi connectivity index (χ0) is 17.4. The number of likely N-dealkylation sites (tertiary alicyclic amines) is 1. The van der Waals surface area contributed by atoms with Gasteiger partial charge >= 0.3 is 6.18 Å². The van der Waals surface area contributed by atoms with Crippen molar-refractivity contribution in [2.45, 2.75) is 31.0 Å². The van der Waals surface area contributed by atoms with E-state index in [1.807, 2.05) is 6.92 Å². The van der Waals surface area contributed by atoms with Crippen LogP contribution in [0.5, 0.6) is 5.75 Å². The fraction of sp³-hybridized carbons (Fsp3) is 0.533. The van der Waals surface area contributed by atoms with Gasteiger partial charge in [0.05, 0.1) is 5.56 Å². The maximum Gasteiger partial charge on any atom is 0.425 e. The summed E-state index contributed by atoms with van der Waals surface area (Å²) in [6, 6.07) is 4.03. The Morgan fingerprint density at radius 3 is 2.48 bits per heavy atom. The maximum atomic E-state index is 12.7. The quantitative estimate of drug-likeness (QED) is 0.840. The first-order valence-corrected chi connectivity index (χ1v) is 8.65. The van der Waals surface area contributed by atoms with E-state index in [0.29, 0.717) is 23.9 Å². The third-order valence-electron chi connectivity index (χ3n) is 3.63. The molecule has 0 N–H and O–H groups in total. The van der Waals surface area contributed by atoms with E-state index in [-0.39, 0.29) is 11.3 Å². The van der Waals surface area contributed by atoms with Gasteiger partial charge in [0.15, 0.2) is 6.10 Å². The minimum absolute atomic E-state index is 0.0145. The van der Waals surface area contributed by atoms with Crippen molar-refractivity contribution in [2.24, 2.45) is 5.92 Å². The van der Waals surface area contributed by atoms with E-state index < -0.39 is 29.0 Å². The summed E-state index contributed by atoms with van der Waals surface area (Å²) in [5, 5.41) is 0. The molecule has 1 amide bonds. The lowest BCUT2D eigenvalue weighted by Crippen LogP contribution is -2.48. The van der Waals surface area contributed by atoms with Crippen LogP contribution in [0.3, 0.4) is 0 Å². The van der Waals surface area contributed by atoms with Crippen molar-refractivity contribution >= 4 is 16.7 Å². The summed E-state index contributed by atoms with van der Waals surface area (Å²) in [7, 11) is -1.35. The summed E-state index contributed by atoms with van der Waals surface area (Å²) in [5.74, 6) is -0.186. The van der Waals surface area contributed by atoms with Crippen LogP contribution in [0.1, 0.15) is 24.2 Å². The number of benzene rings is 1. The molecule has 0 aliphatic carbocycles. The highest BCUT2D eigenvalue weighted by Crippen LogP contribution is 2.30. The fourth-order valence-electron chi connectivity index (χ4n) is 2.25. The second kappa shape index (κ2) is 6.51. The Morgan fingerprint density at radius 1 is 1.39 bits per heavy atom. The van der Waals surface area contributed by atoms with Gasteiger partial charge in [0.2, 0.25) is 0 Å². The lowest BCUT2D eigenvalue weighted by molar-refractivity contribution is -0.189. The van der Waals surface area contributed by atoms with Crippen LogP contribution in [0.25, 0.3) is 0 Å². The van der Waals surface area contributed by atoms with Gasteiger partial charge < -0.3 is 9.64 Å². The van der Waals surface area contributed by atoms with Crippen LogP contribution in [0.4, 0.5) is 13.2 Å². The first-order valence-electron chi connectivity index (χ1n) is 7.09. The van der Waals surface area contributed by atoms with Crippen molar-refractivity contribution in [3.8, 4) is 5.75 Å².